The number of rotatable bonds is 5. The first-order chi connectivity index (χ1) is 10.3. The van der Waals surface area contributed by atoms with E-state index in [0.717, 1.165) is 23.7 Å². The number of benzene rings is 1. The third kappa shape index (κ3) is 2.93. The topological polar surface area (TPSA) is 21.3 Å². The summed E-state index contributed by atoms with van der Waals surface area (Å²) in [6.07, 6.45) is 9.29. The van der Waals surface area contributed by atoms with Crippen LogP contribution in [0.3, 0.4) is 0 Å². The zero-order valence-electron chi connectivity index (χ0n) is 12.9. The molecular weight excluding hydrogens is 282 g/mol. The maximum Gasteiger partial charge on any atom is 0.138 e. The Hall–Kier alpha value is -0.730. The molecule has 2 aliphatic carbocycles. The Balaban J connectivity index is 1.72. The predicted octanol–water partition coefficient (Wildman–Crippen LogP) is 4.81. The Kier molecular flexibility index (Phi) is 4.75. The monoisotopic (exact) mass is 307 g/mol. The standard InChI is InChI=1S/C18H26ClNO/c1-2-12-20-16-13-17(18(16)10-6-3-7-11-18)21-15-9-5-4-8-14(15)19/h4-5,8-9,16-17,20H,2-3,6-7,10-13H2,1H3. The molecule has 1 aromatic carbocycles. The fraction of sp³-hybridized carbons (Fsp3) is 0.667. The maximum absolute atomic E-state index is 6.31. The first-order valence-corrected chi connectivity index (χ1v) is 8.78. The number of para-hydroxylation sites is 1. The van der Waals surface area contributed by atoms with Gasteiger partial charge in [0, 0.05) is 17.9 Å². The van der Waals surface area contributed by atoms with Crippen LogP contribution in [-0.2, 0) is 0 Å². The summed E-state index contributed by atoms with van der Waals surface area (Å²) in [5, 5.41) is 4.48. The van der Waals surface area contributed by atoms with Crippen LogP contribution in [0.1, 0.15) is 51.9 Å². The van der Waals surface area contributed by atoms with Crippen LogP contribution in [0.5, 0.6) is 5.75 Å². The van der Waals surface area contributed by atoms with Gasteiger partial charge < -0.3 is 10.1 Å². The molecule has 2 aliphatic rings. The quantitative estimate of drug-likeness (QED) is 0.843. The lowest BCUT2D eigenvalue weighted by Crippen LogP contribution is -2.65. The van der Waals surface area contributed by atoms with Crippen LogP contribution in [0.25, 0.3) is 0 Å². The van der Waals surface area contributed by atoms with Gasteiger partial charge in [-0.25, -0.2) is 0 Å². The molecule has 1 aromatic rings. The molecule has 0 heterocycles. The van der Waals surface area contributed by atoms with Gasteiger partial charge in [0.15, 0.2) is 0 Å². The van der Waals surface area contributed by atoms with E-state index in [1.54, 1.807) is 0 Å². The van der Waals surface area contributed by atoms with Crippen LogP contribution in [0.4, 0.5) is 0 Å². The zero-order valence-corrected chi connectivity index (χ0v) is 13.7. The number of ether oxygens (including phenoxy) is 1. The number of nitrogens with one attached hydrogen (secondary N) is 1. The fourth-order valence-electron chi connectivity index (χ4n) is 4.09. The minimum Gasteiger partial charge on any atom is -0.488 e. The van der Waals surface area contributed by atoms with Crippen LogP contribution >= 0.6 is 11.6 Å². The van der Waals surface area contributed by atoms with Crippen LogP contribution in [0.2, 0.25) is 5.02 Å². The van der Waals surface area contributed by atoms with E-state index in [0.29, 0.717) is 17.6 Å². The Morgan fingerprint density at radius 3 is 2.71 bits per heavy atom. The van der Waals surface area contributed by atoms with E-state index < -0.39 is 0 Å². The highest BCUT2D eigenvalue weighted by atomic mass is 35.5. The average Bonchev–Trinajstić information content (AvgIpc) is 2.52. The molecule has 1 N–H and O–H groups in total. The normalized spacial score (nSPS) is 27.3. The Bertz CT molecular complexity index is 470. The molecule has 0 radical (unpaired) electrons. The summed E-state index contributed by atoms with van der Waals surface area (Å²) in [6, 6.07) is 8.49. The highest BCUT2D eigenvalue weighted by molar-refractivity contribution is 6.32. The van der Waals surface area contributed by atoms with Gasteiger partial charge in [-0.05, 0) is 37.9 Å². The Morgan fingerprint density at radius 2 is 2.00 bits per heavy atom. The van der Waals surface area contributed by atoms with Gasteiger partial charge in [-0.15, -0.1) is 0 Å². The van der Waals surface area contributed by atoms with Crippen LogP contribution < -0.4 is 10.1 Å². The van der Waals surface area contributed by atoms with Crippen LogP contribution in [-0.4, -0.2) is 18.7 Å². The van der Waals surface area contributed by atoms with Crippen LogP contribution in [0, 0.1) is 5.41 Å². The van der Waals surface area contributed by atoms with Crippen molar-refractivity contribution in [3.63, 3.8) is 0 Å². The summed E-state index contributed by atoms with van der Waals surface area (Å²) in [5.41, 5.74) is 0.340. The minimum absolute atomic E-state index is 0.326. The lowest BCUT2D eigenvalue weighted by atomic mass is 9.55. The van der Waals surface area contributed by atoms with Crippen molar-refractivity contribution in [2.45, 2.75) is 64.0 Å². The maximum atomic E-state index is 6.31. The molecule has 3 rings (SSSR count). The first-order valence-electron chi connectivity index (χ1n) is 8.41. The largest absolute Gasteiger partial charge is 0.488 e. The molecule has 3 heteroatoms. The van der Waals surface area contributed by atoms with E-state index in [-0.39, 0.29) is 0 Å². The van der Waals surface area contributed by atoms with E-state index in [9.17, 15) is 0 Å². The molecular formula is C18H26ClNO. The van der Waals surface area contributed by atoms with Gasteiger partial charge >= 0.3 is 0 Å². The lowest BCUT2D eigenvalue weighted by Gasteiger charge is -2.57. The van der Waals surface area contributed by atoms with E-state index in [2.05, 4.69) is 12.2 Å². The molecule has 0 bridgehead atoms. The van der Waals surface area contributed by atoms with Gasteiger partial charge in [0.1, 0.15) is 11.9 Å². The third-order valence-electron chi connectivity index (χ3n) is 5.32. The highest BCUT2D eigenvalue weighted by Gasteiger charge is 2.56. The van der Waals surface area contributed by atoms with Gasteiger partial charge in [0.2, 0.25) is 0 Å². The molecule has 0 amide bonds. The first kappa shape index (κ1) is 15.2. The smallest absolute Gasteiger partial charge is 0.138 e. The molecule has 21 heavy (non-hydrogen) atoms. The van der Waals surface area contributed by atoms with E-state index in [4.69, 9.17) is 16.3 Å². The third-order valence-corrected chi connectivity index (χ3v) is 5.63. The second-order valence-corrected chi connectivity index (χ2v) is 6.98. The summed E-state index contributed by atoms with van der Waals surface area (Å²) in [4.78, 5) is 0. The van der Waals surface area contributed by atoms with Gasteiger partial charge in [-0.3, -0.25) is 0 Å². The molecule has 2 saturated carbocycles. The Morgan fingerprint density at radius 1 is 1.24 bits per heavy atom. The number of hydrogen-bond donors (Lipinski definition) is 1. The summed E-state index contributed by atoms with van der Waals surface area (Å²) in [6.45, 7) is 3.35. The van der Waals surface area contributed by atoms with Gasteiger partial charge in [0.05, 0.1) is 5.02 Å². The van der Waals surface area contributed by atoms with Crippen molar-refractivity contribution in [3.8, 4) is 5.75 Å². The van der Waals surface area contributed by atoms with Crippen molar-refractivity contribution in [3.05, 3.63) is 29.3 Å². The van der Waals surface area contributed by atoms with Gasteiger partial charge in [0.25, 0.3) is 0 Å². The zero-order chi connectivity index (χ0) is 14.7. The molecule has 0 aromatic heterocycles. The molecule has 2 unspecified atom stereocenters. The lowest BCUT2D eigenvalue weighted by molar-refractivity contribution is -0.102. The molecule has 2 atom stereocenters. The fourth-order valence-corrected chi connectivity index (χ4v) is 4.27. The van der Waals surface area contributed by atoms with Gasteiger partial charge in [-0.1, -0.05) is 49.9 Å². The van der Waals surface area contributed by atoms with Crippen molar-refractivity contribution in [2.75, 3.05) is 6.54 Å². The minimum atomic E-state index is 0.326. The summed E-state index contributed by atoms with van der Waals surface area (Å²) in [5.74, 6) is 0.850. The summed E-state index contributed by atoms with van der Waals surface area (Å²) < 4.78 is 6.31. The second kappa shape index (κ2) is 6.58. The van der Waals surface area contributed by atoms with Crippen molar-refractivity contribution >= 4 is 11.6 Å². The van der Waals surface area contributed by atoms with E-state index >= 15 is 0 Å². The molecule has 2 nitrogen and oxygen atoms in total. The van der Waals surface area contributed by atoms with Gasteiger partial charge in [-0.2, -0.15) is 0 Å². The molecule has 0 aliphatic heterocycles. The van der Waals surface area contributed by atoms with E-state index in [1.165, 1.54) is 38.5 Å². The highest BCUT2D eigenvalue weighted by Crippen LogP contribution is 2.53. The van der Waals surface area contributed by atoms with Crippen LogP contribution in [0.15, 0.2) is 24.3 Å². The van der Waals surface area contributed by atoms with Crippen molar-refractivity contribution in [2.24, 2.45) is 5.41 Å². The summed E-state index contributed by atoms with van der Waals surface area (Å²) in [7, 11) is 0. The SMILES string of the molecule is CCCNC1CC(Oc2ccccc2Cl)C12CCCCC2. The van der Waals surface area contributed by atoms with Crippen molar-refractivity contribution in [1.29, 1.82) is 0 Å². The van der Waals surface area contributed by atoms with E-state index in [1.807, 2.05) is 24.3 Å². The van der Waals surface area contributed by atoms with Crippen molar-refractivity contribution < 1.29 is 4.74 Å². The average molecular weight is 308 g/mol. The molecule has 0 saturated heterocycles. The predicted molar refractivity (Wildman–Crippen MR) is 88.1 cm³/mol. The second-order valence-electron chi connectivity index (χ2n) is 6.57. The van der Waals surface area contributed by atoms with Crippen molar-refractivity contribution in [1.82, 2.24) is 5.32 Å². The molecule has 2 fully saturated rings. The Labute approximate surface area is 133 Å². The molecule has 1 spiro atoms. The number of hydrogen-bond acceptors (Lipinski definition) is 2. The summed E-state index contributed by atoms with van der Waals surface area (Å²) >= 11 is 6.26. The number of halogens is 1. The molecule has 116 valence electrons.